The van der Waals surface area contributed by atoms with E-state index in [1.54, 1.807) is 25.1 Å². The zero-order valence-corrected chi connectivity index (χ0v) is 13.7. The Balaban J connectivity index is 2.16. The molecule has 2 N–H and O–H groups in total. The van der Waals surface area contributed by atoms with Crippen molar-refractivity contribution >= 4 is 35.1 Å². The van der Waals surface area contributed by atoms with E-state index in [0.717, 1.165) is 6.39 Å². The second-order valence-electron chi connectivity index (χ2n) is 4.82. The van der Waals surface area contributed by atoms with Crippen LogP contribution in [0, 0.1) is 0 Å². The molecular weight excluding hydrogens is 343 g/mol. The van der Waals surface area contributed by atoms with Gasteiger partial charge in [0.1, 0.15) is 11.8 Å². The van der Waals surface area contributed by atoms with Crippen molar-refractivity contribution in [1.82, 2.24) is 10.3 Å². The number of carboxylic acid groups (broad SMARTS) is 1. The molecule has 1 heterocycles. The molecule has 0 bridgehead atoms. The molecule has 0 radical (unpaired) electrons. The SMILES string of the molecule is CCc1ocnc1C(=O)NC(Cc1cc(Cl)cc(Cl)c1)C(=O)O. The first-order chi connectivity index (χ1) is 10.9. The molecular formula is C15H14Cl2N2O4. The number of carbonyl (C=O) groups excluding carboxylic acids is 1. The van der Waals surface area contributed by atoms with Crippen molar-refractivity contribution in [2.45, 2.75) is 25.8 Å². The van der Waals surface area contributed by atoms with E-state index in [0.29, 0.717) is 27.8 Å². The van der Waals surface area contributed by atoms with E-state index < -0.39 is 17.9 Å². The molecule has 6 nitrogen and oxygen atoms in total. The molecule has 1 amide bonds. The maximum atomic E-state index is 12.2. The van der Waals surface area contributed by atoms with Gasteiger partial charge in [0.25, 0.3) is 5.91 Å². The molecule has 8 heteroatoms. The highest BCUT2D eigenvalue weighted by molar-refractivity contribution is 6.34. The van der Waals surface area contributed by atoms with Crippen molar-refractivity contribution < 1.29 is 19.1 Å². The molecule has 23 heavy (non-hydrogen) atoms. The minimum Gasteiger partial charge on any atom is -0.480 e. The van der Waals surface area contributed by atoms with Gasteiger partial charge in [0.2, 0.25) is 0 Å². The molecule has 0 aliphatic heterocycles. The molecule has 1 atom stereocenters. The molecule has 1 aromatic carbocycles. The van der Waals surface area contributed by atoms with Gasteiger partial charge >= 0.3 is 5.97 Å². The van der Waals surface area contributed by atoms with Gasteiger partial charge in [-0.3, -0.25) is 4.79 Å². The molecule has 0 aliphatic rings. The number of aliphatic carboxylic acids is 1. The van der Waals surface area contributed by atoms with Gasteiger partial charge in [0.05, 0.1) is 0 Å². The van der Waals surface area contributed by atoms with E-state index >= 15 is 0 Å². The Labute approximate surface area is 142 Å². The average Bonchev–Trinajstić information content (AvgIpc) is 2.93. The molecule has 0 aliphatic carbocycles. The third-order valence-electron chi connectivity index (χ3n) is 3.14. The maximum Gasteiger partial charge on any atom is 0.326 e. The first kappa shape index (κ1) is 17.3. The fourth-order valence-corrected chi connectivity index (χ4v) is 2.67. The molecule has 2 rings (SSSR count). The van der Waals surface area contributed by atoms with Crippen LogP contribution in [-0.4, -0.2) is 28.0 Å². The van der Waals surface area contributed by atoms with Crippen molar-refractivity contribution in [1.29, 1.82) is 0 Å². The summed E-state index contributed by atoms with van der Waals surface area (Å²) in [4.78, 5) is 27.4. The summed E-state index contributed by atoms with van der Waals surface area (Å²) in [5.41, 5.74) is 0.689. The number of hydrogen-bond donors (Lipinski definition) is 2. The van der Waals surface area contributed by atoms with E-state index in [1.165, 1.54) is 0 Å². The number of nitrogens with zero attached hydrogens (tertiary/aromatic N) is 1. The van der Waals surface area contributed by atoms with Crippen LogP contribution in [0.5, 0.6) is 0 Å². The molecule has 0 saturated carbocycles. The lowest BCUT2D eigenvalue weighted by Gasteiger charge is -2.14. The summed E-state index contributed by atoms with van der Waals surface area (Å²) in [5.74, 6) is -1.37. The van der Waals surface area contributed by atoms with Crippen LogP contribution in [0.1, 0.15) is 28.7 Å². The summed E-state index contributed by atoms with van der Waals surface area (Å²) in [5, 5.41) is 12.5. The summed E-state index contributed by atoms with van der Waals surface area (Å²) in [6.45, 7) is 1.81. The minimum absolute atomic E-state index is 0.0423. The van der Waals surface area contributed by atoms with Gasteiger partial charge in [-0.2, -0.15) is 0 Å². The van der Waals surface area contributed by atoms with Gasteiger partial charge in [0.15, 0.2) is 12.1 Å². The normalized spacial score (nSPS) is 12.0. The van der Waals surface area contributed by atoms with Crippen LogP contribution < -0.4 is 5.32 Å². The summed E-state index contributed by atoms with van der Waals surface area (Å²) < 4.78 is 5.07. The number of rotatable bonds is 6. The number of amides is 1. The minimum atomic E-state index is -1.17. The van der Waals surface area contributed by atoms with Crippen LogP contribution in [0.3, 0.4) is 0 Å². The Morgan fingerprint density at radius 3 is 2.52 bits per heavy atom. The molecule has 0 spiro atoms. The van der Waals surface area contributed by atoms with Crippen LogP contribution in [0.25, 0.3) is 0 Å². The Hall–Kier alpha value is -2.05. The Morgan fingerprint density at radius 1 is 1.30 bits per heavy atom. The van der Waals surface area contributed by atoms with Crippen molar-refractivity contribution in [3.05, 3.63) is 51.7 Å². The van der Waals surface area contributed by atoms with E-state index in [1.807, 2.05) is 0 Å². The van der Waals surface area contributed by atoms with Crippen LogP contribution in [0.15, 0.2) is 29.0 Å². The number of carboxylic acids is 1. The standard InChI is InChI=1S/C15H14Cl2N2O4/c1-2-12-13(18-7-23-12)14(20)19-11(15(21)22)5-8-3-9(16)6-10(17)4-8/h3-4,6-7,11H,2,5H2,1H3,(H,19,20)(H,21,22). The largest absolute Gasteiger partial charge is 0.480 e. The maximum absolute atomic E-state index is 12.2. The number of aromatic nitrogens is 1. The first-order valence-corrected chi connectivity index (χ1v) is 7.57. The van der Waals surface area contributed by atoms with Crippen molar-refractivity contribution in [3.63, 3.8) is 0 Å². The zero-order chi connectivity index (χ0) is 17.0. The van der Waals surface area contributed by atoms with E-state index in [2.05, 4.69) is 10.3 Å². The van der Waals surface area contributed by atoms with E-state index in [4.69, 9.17) is 27.6 Å². The molecule has 122 valence electrons. The fourth-order valence-electron chi connectivity index (χ4n) is 2.10. The second kappa shape index (κ2) is 7.48. The van der Waals surface area contributed by atoms with Crippen molar-refractivity contribution in [2.24, 2.45) is 0 Å². The fraction of sp³-hybridized carbons (Fsp3) is 0.267. The van der Waals surface area contributed by atoms with Gasteiger partial charge < -0.3 is 14.8 Å². The monoisotopic (exact) mass is 356 g/mol. The third-order valence-corrected chi connectivity index (χ3v) is 3.58. The predicted molar refractivity (Wildman–Crippen MR) is 84.9 cm³/mol. The molecule has 0 saturated heterocycles. The Morgan fingerprint density at radius 2 is 1.96 bits per heavy atom. The number of carbonyl (C=O) groups is 2. The average molecular weight is 357 g/mol. The summed E-state index contributed by atoms with van der Waals surface area (Å²) in [6, 6.07) is 3.61. The van der Waals surface area contributed by atoms with Crippen LogP contribution in [-0.2, 0) is 17.6 Å². The van der Waals surface area contributed by atoms with Crippen LogP contribution >= 0.6 is 23.2 Å². The zero-order valence-electron chi connectivity index (χ0n) is 12.2. The van der Waals surface area contributed by atoms with Gasteiger partial charge in [-0.1, -0.05) is 30.1 Å². The van der Waals surface area contributed by atoms with Crippen molar-refractivity contribution in [3.8, 4) is 0 Å². The highest BCUT2D eigenvalue weighted by atomic mass is 35.5. The quantitative estimate of drug-likeness (QED) is 0.829. The lowest BCUT2D eigenvalue weighted by molar-refractivity contribution is -0.139. The van der Waals surface area contributed by atoms with Crippen LogP contribution in [0.4, 0.5) is 0 Å². The lowest BCUT2D eigenvalue weighted by Crippen LogP contribution is -2.42. The number of nitrogens with one attached hydrogen (secondary N) is 1. The third kappa shape index (κ3) is 4.46. The van der Waals surface area contributed by atoms with Gasteiger partial charge in [-0.25, -0.2) is 9.78 Å². The second-order valence-corrected chi connectivity index (χ2v) is 5.70. The molecule has 2 aromatic rings. The van der Waals surface area contributed by atoms with E-state index in [9.17, 15) is 14.7 Å². The molecule has 1 aromatic heterocycles. The number of hydrogen-bond acceptors (Lipinski definition) is 4. The summed E-state index contributed by atoms with van der Waals surface area (Å²) in [6.07, 6.45) is 1.67. The number of aryl methyl sites for hydroxylation is 1. The number of benzene rings is 1. The first-order valence-electron chi connectivity index (χ1n) is 6.81. The highest BCUT2D eigenvalue weighted by Crippen LogP contribution is 2.20. The molecule has 0 fully saturated rings. The smallest absolute Gasteiger partial charge is 0.326 e. The summed E-state index contributed by atoms with van der Waals surface area (Å²) in [7, 11) is 0. The van der Waals surface area contributed by atoms with Gasteiger partial charge in [0, 0.05) is 22.9 Å². The lowest BCUT2D eigenvalue weighted by atomic mass is 10.1. The van der Waals surface area contributed by atoms with Crippen molar-refractivity contribution in [2.75, 3.05) is 0 Å². The van der Waals surface area contributed by atoms with E-state index in [-0.39, 0.29) is 12.1 Å². The topological polar surface area (TPSA) is 92.4 Å². The van der Waals surface area contributed by atoms with Crippen LogP contribution in [0.2, 0.25) is 10.0 Å². The number of oxazole rings is 1. The highest BCUT2D eigenvalue weighted by Gasteiger charge is 2.24. The number of halogens is 2. The predicted octanol–water partition coefficient (Wildman–Crippen LogP) is 2.97. The van der Waals surface area contributed by atoms with Gasteiger partial charge in [-0.05, 0) is 23.8 Å². The van der Waals surface area contributed by atoms with Gasteiger partial charge in [-0.15, -0.1) is 0 Å². The summed E-state index contributed by atoms with van der Waals surface area (Å²) >= 11 is 11.8. The molecule has 1 unspecified atom stereocenters. The Kier molecular flexibility index (Phi) is 5.63. The Bertz CT molecular complexity index is 710.